The second kappa shape index (κ2) is 4.49. The van der Waals surface area contributed by atoms with E-state index < -0.39 is 0 Å². The van der Waals surface area contributed by atoms with Gasteiger partial charge in [-0.05, 0) is 41.1 Å². The zero-order chi connectivity index (χ0) is 11.5. The number of amides is 1. The zero-order valence-corrected chi connectivity index (χ0v) is 10.1. The van der Waals surface area contributed by atoms with Crippen LogP contribution in [-0.2, 0) is 0 Å². The summed E-state index contributed by atoms with van der Waals surface area (Å²) in [6.45, 7) is 1.86. The molecule has 0 unspecified atom stereocenters. The molecule has 0 bridgehead atoms. The number of rotatable bonds is 2. The van der Waals surface area contributed by atoms with Gasteiger partial charge in [-0.2, -0.15) is 0 Å². The summed E-state index contributed by atoms with van der Waals surface area (Å²) in [6, 6.07) is 5.14. The van der Waals surface area contributed by atoms with Crippen molar-refractivity contribution < 1.29 is 9.21 Å². The molecule has 0 aromatic carbocycles. The summed E-state index contributed by atoms with van der Waals surface area (Å²) in [4.78, 5) is 15.8. The summed E-state index contributed by atoms with van der Waals surface area (Å²) in [5.41, 5.74) is 2.03. The smallest absolute Gasteiger partial charge is 0.260 e. The number of anilines is 1. The summed E-state index contributed by atoms with van der Waals surface area (Å²) in [5.74, 6) is -0.216. The van der Waals surface area contributed by atoms with Gasteiger partial charge in [0.1, 0.15) is 0 Å². The Hall–Kier alpha value is -1.62. The van der Waals surface area contributed by atoms with Crippen molar-refractivity contribution in [2.24, 2.45) is 0 Å². The molecule has 2 aromatic heterocycles. The Labute approximate surface area is 101 Å². The highest BCUT2D eigenvalue weighted by molar-refractivity contribution is 9.10. The van der Waals surface area contributed by atoms with E-state index in [4.69, 9.17) is 4.42 Å². The number of carbonyl (C=O) groups is 1. The molecule has 1 N–H and O–H groups in total. The molecule has 16 heavy (non-hydrogen) atoms. The van der Waals surface area contributed by atoms with E-state index in [0.717, 1.165) is 5.69 Å². The van der Waals surface area contributed by atoms with Gasteiger partial charge in [0.2, 0.25) is 0 Å². The number of furan rings is 1. The number of nitrogens with zero attached hydrogens (tertiary/aromatic N) is 1. The van der Waals surface area contributed by atoms with E-state index in [1.807, 2.05) is 6.92 Å². The van der Waals surface area contributed by atoms with E-state index >= 15 is 0 Å². The Morgan fingerprint density at radius 2 is 2.31 bits per heavy atom. The van der Waals surface area contributed by atoms with Crippen LogP contribution in [0, 0.1) is 6.92 Å². The van der Waals surface area contributed by atoms with Gasteiger partial charge in [0, 0.05) is 17.6 Å². The number of halogens is 1. The molecule has 0 radical (unpaired) electrons. The predicted octanol–water partition coefficient (Wildman–Crippen LogP) is 3.00. The maximum Gasteiger partial charge on any atom is 0.260 e. The predicted molar refractivity (Wildman–Crippen MR) is 63.3 cm³/mol. The Kier molecular flexibility index (Phi) is 3.05. The Morgan fingerprint density at radius 1 is 1.50 bits per heavy atom. The van der Waals surface area contributed by atoms with Gasteiger partial charge in [-0.15, -0.1) is 0 Å². The summed E-state index contributed by atoms with van der Waals surface area (Å²) < 4.78 is 5.42. The molecule has 2 aromatic rings. The fourth-order valence-corrected chi connectivity index (χ4v) is 1.70. The number of nitrogens with one attached hydrogen (secondary N) is 1. The molecule has 0 aliphatic carbocycles. The van der Waals surface area contributed by atoms with Crippen molar-refractivity contribution in [3.63, 3.8) is 0 Å². The molecule has 0 saturated carbocycles. The standard InChI is InChI=1S/C11H9BrN2O2/c1-7-6-8(2-4-13-7)14-11(15)9-3-5-16-10(9)12/h2-6H,1H3,(H,13,14,15). The lowest BCUT2D eigenvalue weighted by atomic mass is 10.3. The number of carbonyl (C=O) groups excluding carboxylic acids is 1. The second-order valence-electron chi connectivity index (χ2n) is 3.25. The molecule has 0 saturated heterocycles. The number of aryl methyl sites for hydroxylation is 1. The maximum atomic E-state index is 11.8. The Morgan fingerprint density at radius 3 is 2.94 bits per heavy atom. The summed E-state index contributed by atoms with van der Waals surface area (Å²) in [5, 5.41) is 2.76. The summed E-state index contributed by atoms with van der Waals surface area (Å²) in [6.07, 6.45) is 3.10. The maximum absolute atomic E-state index is 11.8. The van der Waals surface area contributed by atoms with Gasteiger partial charge in [0.15, 0.2) is 4.67 Å². The number of hydrogen-bond donors (Lipinski definition) is 1. The molecule has 0 aliphatic heterocycles. The van der Waals surface area contributed by atoms with Gasteiger partial charge in [0.25, 0.3) is 5.91 Å². The van der Waals surface area contributed by atoms with Crippen LogP contribution in [0.15, 0.2) is 39.7 Å². The van der Waals surface area contributed by atoms with Crippen LogP contribution >= 0.6 is 15.9 Å². The van der Waals surface area contributed by atoms with Crippen molar-refractivity contribution >= 4 is 27.5 Å². The average Bonchev–Trinajstić information content (AvgIpc) is 2.64. The third-order valence-electron chi connectivity index (χ3n) is 2.02. The molecule has 2 rings (SSSR count). The fraction of sp³-hybridized carbons (Fsp3) is 0.0909. The van der Waals surface area contributed by atoms with Crippen molar-refractivity contribution in [2.75, 3.05) is 5.32 Å². The normalized spacial score (nSPS) is 10.1. The highest BCUT2D eigenvalue weighted by Gasteiger charge is 2.12. The molecule has 4 nitrogen and oxygen atoms in total. The minimum absolute atomic E-state index is 0.216. The zero-order valence-electron chi connectivity index (χ0n) is 8.53. The second-order valence-corrected chi connectivity index (χ2v) is 3.97. The first kappa shape index (κ1) is 10.9. The fourth-order valence-electron chi connectivity index (χ4n) is 1.28. The van der Waals surface area contributed by atoms with Crippen LogP contribution in [0.1, 0.15) is 16.1 Å². The van der Waals surface area contributed by atoms with Crippen LogP contribution in [0.4, 0.5) is 5.69 Å². The van der Waals surface area contributed by atoms with E-state index in [1.54, 1.807) is 24.4 Å². The van der Waals surface area contributed by atoms with Gasteiger partial charge in [0.05, 0.1) is 11.8 Å². The molecular weight excluding hydrogens is 272 g/mol. The molecule has 1 amide bonds. The first-order valence-electron chi connectivity index (χ1n) is 4.64. The van der Waals surface area contributed by atoms with Crippen LogP contribution in [0.2, 0.25) is 0 Å². The van der Waals surface area contributed by atoms with Crippen molar-refractivity contribution in [3.05, 3.63) is 46.6 Å². The van der Waals surface area contributed by atoms with E-state index in [-0.39, 0.29) is 5.91 Å². The minimum Gasteiger partial charge on any atom is -0.457 e. The SMILES string of the molecule is Cc1cc(NC(=O)c2ccoc2Br)ccn1. The average molecular weight is 281 g/mol. The molecule has 0 fully saturated rings. The molecule has 0 spiro atoms. The highest BCUT2D eigenvalue weighted by Crippen LogP contribution is 2.19. The van der Waals surface area contributed by atoms with E-state index in [9.17, 15) is 4.79 Å². The Bertz CT molecular complexity index is 522. The quantitative estimate of drug-likeness (QED) is 0.920. The van der Waals surface area contributed by atoms with Gasteiger partial charge in [-0.25, -0.2) is 0 Å². The third-order valence-corrected chi connectivity index (χ3v) is 2.63. The monoisotopic (exact) mass is 280 g/mol. The van der Waals surface area contributed by atoms with Gasteiger partial charge < -0.3 is 9.73 Å². The van der Waals surface area contributed by atoms with Gasteiger partial charge in [-0.3, -0.25) is 9.78 Å². The number of aromatic nitrogens is 1. The Balaban J connectivity index is 2.17. The third kappa shape index (κ3) is 2.30. The molecule has 0 aliphatic rings. The molecule has 0 atom stereocenters. The van der Waals surface area contributed by atoms with Crippen LogP contribution in [0.3, 0.4) is 0 Å². The van der Waals surface area contributed by atoms with Crippen LogP contribution in [0.5, 0.6) is 0 Å². The lowest BCUT2D eigenvalue weighted by Crippen LogP contribution is -2.11. The van der Waals surface area contributed by atoms with Crippen molar-refractivity contribution in [1.29, 1.82) is 0 Å². The van der Waals surface area contributed by atoms with Crippen LogP contribution < -0.4 is 5.32 Å². The highest BCUT2D eigenvalue weighted by atomic mass is 79.9. The van der Waals surface area contributed by atoms with Crippen molar-refractivity contribution in [1.82, 2.24) is 4.98 Å². The minimum atomic E-state index is -0.216. The van der Waals surface area contributed by atoms with Crippen molar-refractivity contribution in [2.45, 2.75) is 6.92 Å². The van der Waals surface area contributed by atoms with Gasteiger partial charge in [-0.1, -0.05) is 0 Å². The largest absolute Gasteiger partial charge is 0.457 e. The first-order valence-corrected chi connectivity index (χ1v) is 5.43. The molecule has 2 heterocycles. The van der Waals surface area contributed by atoms with E-state index in [0.29, 0.717) is 15.9 Å². The lowest BCUT2D eigenvalue weighted by molar-refractivity contribution is 0.102. The topological polar surface area (TPSA) is 55.1 Å². The number of hydrogen-bond acceptors (Lipinski definition) is 3. The van der Waals surface area contributed by atoms with E-state index in [2.05, 4.69) is 26.2 Å². The summed E-state index contributed by atoms with van der Waals surface area (Å²) in [7, 11) is 0. The van der Waals surface area contributed by atoms with E-state index in [1.165, 1.54) is 6.26 Å². The summed E-state index contributed by atoms with van der Waals surface area (Å²) >= 11 is 3.15. The molecule has 5 heteroatoms. The first-order chi connectivity index (χ1) is 7.66. The van der Waals surface area contributed by atoms with Crippen LogP contribution in [-0.4, -0.2) is 10.9 Å². The number of pyridine rings is 1. The van der Waals surface area contributed by atoms with Crippen molar-refractivity contribution in [3.8, 4) is 0 Å². The van der Waals surface area contributed by atoms with Crippen LogP contribution in [0.25, 0.3) is 0 Å². The van der Waals surface area contributed by atoms with Gasteiger partial charge >= 0.3 is 0 Å². The lowest BCUT2D eigenvalue weighted by Gasteiger charge is -2.03. The molecular formula is C11H9BrN2O2. The molecule has 82 valence electrons.